The average molecular weight is 524 g/mol. The van der Waals surface area contributed by atoms with Crippen molar-refractivity contribution in [1.29, 1.82) is 0 Å². The minimum atomic E-state index is -1.00. The van der Waals surface area contributed by atoms with Crippen LogP contribution in [0.15, 0.2) is 65.2 Å². The van der Waals surface area contributed by atoms with Crippen LogP contribution in [-0.4, -0.2) is 66.0 Å². The fourth-order valence-corrected chi connectivity index (χ4v) is 5.14. The summed E-state index contributed by atoms with van der Waals surface area (Å²) >= 11 is 4.32. The number of carbonyl (C=O) groups excluding carboxylic acids is 1. The van der Waals surface area contributed by atoms with Crippen LogP contribution in [0.25, 0.3) is 5.69 Å². The van der Waals surface area contributed by atoms with Gasteiger partial charge < -0.3 is 15.2 Å². The Morgan fingerprint density at radius 3 is 2.68 bits per heavy atom. The van der Waals surface area contributed by atoms with E-state index in [0.717, 1.165) is 53.9 Å². The molecule has 38 heavy (non-hydrogen) atoms. The van der Waals surface area contributed by atoms with Gasteiger partial charge in [0.25, 0.3) is 5.91 Å². The molecule has 7 nitrogen and oxygen atoms in total. The van der Waals surface area contributed by atoms with E-state index in [1.54, 1.807) is 23.9 Å². The van der Waals surface area contributed by atoms with Crippen LogP contribution >= 0.6 is 12.6 Å². The number of nitrogens with one attached hydrogen (secondary N) is 1. The van der Waals surface area contributed by atoms with E-state index in [9.17, 15) is 9.90 Å². The SMILES string of the molecule is [B]C([B])Oc1cc(NC(=O)c2cn(-c3ccc(S)cc3)nc2C)ccc1CN1CCC=C(C2(O)CCC2)C1. The second-order valence-corrected chi connectivity index (χ2v) is 10.6. The molecule has 0 atom stereocenters. The maximum Gasteiger partial charge on any atom is 0.259 e. The van der Waals surface area contributed by atoms with Crippen molar-refractivity contribution in [3.05, 3.63) is 77.1 Å². The zero-order valence-corrected chi connectivity index (χ0v) is 22.3. The van der Waals surface area contributed by atoms with E-state index in [-0.39, 0.29) is 5.91 Å². The lowest BCUT2D eigenvalue weighted by molar-refractivity contribution is -0.00592. The number of amides is 1. The van der Waals surface area contributed by atoms with Crippen LogP contribution in [0.3, 0.4) is 0 Å². The van der Waals surface area contributed by atoms with Gasteiger partial charge in [-0.05, 0) is 68.5 Å². The normalized spacial score (nSPS) is 17.1. The fraction of sp³-hybridized carbons (Fsp3) is 0.357. The summed E-state index contributed by atoms with van der Waals surface area (Å²) in [6.45, 7) is 4.00. The molecule has 2 heterocycles. The Kier molecular flexibility index (Phi) is 7.75. The Hall–Kier alpha value is -2.94. The van der Waals surface area contributed by atoms with E-state index in [1.165, 1.54) is 0 Å². The maximum absolute atomic E-state index is 13.1. The van der Waals surface area contributed by atoms with Crippen molar-refractivity contribution >= 4 is 39.9 Å². The topological polar surface area (TPSA) is 79.6 Å². The Labute approximate surface area is 231 Å². The predicted molar refractivity (Wildman–Crippen MR) is 153 cm³/mol. The first kappa shape index (κ1) is 26.7. The highest BCUT2D eigenvalue weighted by molar-refractivity contribution is 7.80. The number of benzene rings is 2. The third kappa shape index (κ3) is 5.87. The molecule has 1 saturated carbocycles. The molecule has 2 N–H and O–H groups in total. The van der Waals surface area contributed by atoms with Crippen LogP contribution in [0.2, 0.25) is 0 Å². The van der Waals surface area contributed by atoms with Crippen LogP contribution in [0.4, 0.5) is 5.69 Å². The third-order valence-electron chi connectivity index (χ3n) is 7.25. The third-order valence-corrected chi connectivity index (χ3v) is 7.55. The molecule has 10 heteroatoms. The molecule has 0 bridgehead atoms. The van der Waals surface area contributed by atoms with E-state index >= 15 is 0 Å². The summed E-state index contributed by atoms with van der Waals surface area (Å²) in [5.74, 6) is -0.776. The van der Waals surface area contributed by atoms with Crippen molar-refractivity contribution in [2.75, 3.05) is 18.4 Å². The van der Waals surface area contributed by atoms with Gasteiger partial charge in [0, 0.05) is 53.9 Å². The van der Waals surface area contributed by atoms with Gasteiger partial charge in [-0.15, -0.1) is 12.6 Å². The summed E-state index contributed by atoms with van der Waals surface area (Å²) in [4.78, 5) is 16.3. The summed E-state index contributed by atoms with van der Waals surface area (Å²) in [5.41, 5.74) is 3.83. The largest absolute Gasteiger partial charge is 0.509 e. The minimum absolute atomic E-state index is 0.283. The number of thiol groups is 1. The second-order valence-electron chi connectivity index (χ2n) is 10.1. The van der Waals surface area contributed by atoms with Crippen molar-refractivity contribution in [2.45, 2.75) is 55.6 Å². The Morgan fingerprint density at radius 1 is 1.24 bits per heavy atom. The van der Waals surface area contributed by atoms with Gasteiger partial charge in [-0.2, -0.15) is 5.10 Å². The molecule has 5 rings (SSSR count). The molecular formula is C28H30B2N4O3S. The monoisotopic (exact) mass is 524 g/mol. The van der Waals surface area contributed by atoms with E-state index in [2.05, 4.69) is 34.0 Å². The zero-order chi connectivity index (χ0) is 26.9. The number of aryl methyl sites for hydroxylation is 1. The van der Waals surface area contributed by atoms with Crippen molar-refractivity contribution in [1.82, 2.24) is 14.7 Å². The lowest BCUT2D eigenvalue weighted by atomic mass is 9.73. The number of hydrogen-bond donors (Lipinski definition) is 3. The van der Waals surface area contributed by atoms with Crippen LogP contribution in [-0.2, 0) is 6.54 Å². The number of ether oxygens (including phenoxy) is 1. The van der Waals surface area contributed by atoms with Gasteiger partial charge in [0.1, 0.15) is 21.4 Å². The van der Waals surface area contributed by atoms with Gasteiger partial charge >= 0.3 is 0 Å². The molecule has 0 unspecified atom stereocenters. The van der Waals surface area contributed by atoms with Gasteiger partial charge in [-0.1, -0.05) is 12.1 Å². The first-order valence-corrected chi connectivity index (χ1v) is 13.3. The summed E-state index contributed by atoms with van der Waals surface area (Å²) in [6, 6.07) is 13.0. The van der Waals surface area contributed by atoms with E-state index in [1.807, 2.05) is 36.4 Å². The van der Waals surface area contributed by atoms with Crippen LogP contribution in [0.5, 0.6) is 5.75 Å². The fourth-order valence-electron chi connectivity index (χ4n) is 4.99. The second kappa shape index (κ2) is 11.0. The molecule has 1 amide bonds. The van der Waals surface area contributed by atoms with Gasteiger partial charge in [0.2, 0.25) is 0 Å². The zero-order valence-electron chi connectivity index (χ0n) is 21.4. The van der Waals surface area contributed by atoms with Crippen molar-refractivity contribution in [3.8, 4) is 11.4 Å². The van der Waals surface area contributed by atoms with Crippen LogP contribution in [0, 0.1) is 6.92 Å². The average Bonchev–Trinajstić information content (AvgIpc) is 3.26. The number of nitrogens with zero attached hydrogens (tertiary/aromatic N) is 3. The lowest BCUT2D eigenvalue weighted by Crippen LogP contribution is -2.45. The number of rotatable bonds is 8. The van der Waals surface area contributed by atoms with Gasteiger partial charge in [-0.25, -0.2) is 4.68 Å². The molecule has 1 aromatic heterocycles. The van der Waals surface area contributed by atoms with Gasteiger partial charge in [-0.3, -0.25) is 9.69 Å². The Balaban J connectivity index is 1.31. The molecule has 192 valence electrons. The summed E-state index contributed by atoms with van der Waals surface area (Å²) in [6.07, 6.45) is 7.51. The predicted octanol–water partition coefficient (Wildman–Crippen LogP) is 3.77. The molecule has 1 aliphatic heterocycles. The van der Waals surface area contributed by atoms with E-state index in [4.69, 9.17) is 20.4 Å². The lowest BCUT2D eigenvalue weighted by Gasteiger charge is -2.42. The van der Waals surface area contributed by atoms with Crippen LogP contribution < -0.4 is 10.1 Å². The summed E-state index contributed by atoms with van der Waals surface area (Å²) in [5, 5.41) is 18.2. The molecule has 2 aromatic carbocycles. The first-order valence-electron chi connectivity index (χ1n) is 12.8. The highest BCUT2D eigenvalue weighted by Gasteiger charge is 2.39. The molecular weight excluding hydrogens is 494 g/mol. The highest BCUT2D eigenvalue weighted by atomic mass is 32.1. The highest BCUT2D eigenvalue weighted by Crippen LogP contribution is 2.40. The van der Waals surface area contributed by atoms with Gasteiger partial charge in [0.15, 0.2) is 0 Å². The number of anilines is 1. The van der Waals surface area contributed by atoms with Crippen molar-refractivity contribution in [3.63, 3.8) is 0 Å². The van der Waals surface area contributed by atoms with E-state index in [0.29, 0.717) is 35.8 Å². The Bertz CT molecular complexity index is 1350. The standard InChI is InChI=1S/C28H30B2N4O3S/c1-18-24(17-34(32-18)22-7-9-23(38)10-8-22)26(35)31-21-6-5-19(25(14-21)37-27(29)30)15-33-13-2-4-20(16-33)28(36)11-3-12-28/h4-10,14,17,27,36,38H,2-3,11-13,15-16H2,1H3,(H,31,35). The molecule has 0 saturated heterocycles. The van der Waals surface area contributed by atoms with E-state index < -0.39 is 11.5 Å². The van der Waals surface area contributed by atoms with Crippen molar-refractivity contribution in [2.24, 2.45) is 0 Å². The quantitative estimate of drug-likeness (QED) is 0.238. The van der Waals surface area contributed by atoms with Crippen molar-refractivity contribution < 1.29 is 14.6 Å². The number of aliphatic hydroxyl groups is 1. The number of hydrogen-bond acceptors (Lipinski definition) is 6. The molecule has 2 aliphatic rings. The molecule has 3 aromatic rings. The van der Waals surface area contributed by atoms with Gasteiger partial charge in [0.05, 0.1) is 22.5 Å². The molecule has 0 spiro atoms. The smallest absolute Gasteiger partial charge is 0.259 e. The minimum Gasteiger partial charge on any atom is -0.509 e. The summed E-state index contributed by atoms with van der Waals surface area (Å²) < 4.78 is 7.40. The number of carbonyl (C=O) groups is 1. The molecule has 1 fully saturated rings. The molecule has 4 radical (unpaired) electrons. The summed E-state index contributed by atoms with van der Waals surface area (Å²) in [7, 11) is 11.5. The molecule has 1 aliphatic carbocycles. The maximum atomic E-state index is 13.1. The number of aromatic nitrogens is 2. The van der Waals surface area contributed by atoms with Crippen LogP contribution in [0.1, 0.15) is 47.3 Å². The first-order chi connectivity index (χ1) is 18.2. The Morgan fingerprint density at radius 2 is 2.00 bits per heavy atom.